The van der Waals surface area contributed by atoms with E-state index in [1.807, 2.05) is 0 Å². The summed E-state index contributed by atoms with van der Waals surface area (Å²) >= 11 is 0. The van der Waals surface area contributed by atoms with Crippen LogP contribution in [0.1, 0.15) is 60.3 Å². The summed E-state index contributed by atoms with van der Waals surface area (Å²) in [6, 6.07) is 0. The van der Waals surface area contributed by atoms with Gasteiger partial charge in [0.25, 0.3) is 0 Å². The van der Waals surface area contributed by atoms with Gasteiger partial charge in [-0.15, -0.1) is 0 Å². The first kappa shape index (κ1) is 22.8. The molecule has 1 N–H and O–H groups in total. The highest BCUT2D eigenvalue weighted by Crippen LogP contribution is 2.24. The predicted molar refractivity (Wildman–Crippen MR) is 89.4 cm³/mol. The lowest BCUT2D eigenvalue weighted by Crippen LogP contribution is -2.61. The van der Waals surface area contributed by atoms with E-state index in [1.165, 1.54) is 20.8 Å². The lowest BCUT2D eigenvalue weighted by atomic mass is 9.88. The summed E-state index contributed by atoms with van der Waals surface area (Å²) in [4.78, 5) is 47.1. The standard InChI is InChI=1S/C16H28N2O7/c1-6-11-25-14(21)16(17-12(3)19,13(20)24-7-2)10-8-9-15(4,5)18(22)23/h6-11H2,1-5H3,(H,17,19). The molecule has 0 radical (unpaired) electrons. The van der Waals surface area contributed by atoms with Gasteiger partial charge in [0.15, 0.2) is 0 Å². The van der Waals surface area contributed by atoms with Gasteiger partial charge in [-0.05, 0) is 26.2 Å². The second-order valence-electron chi connectivity index (χ2n) is 6.37. The number of hydrogen-bond acceptors (Lipinski definition) is 7. The van der Waals surface area contributed by atoms with Gasteiger partial charge in [-0.2, -0.15) is 0 Å². The minimum absolute atomic E-state index is 0.0155. The van der Waals surface area contributed by atoms with Crippen molar-refractivity contribution in [2.45, 2.75) is 71.4 Å². The molecule has 0 aromatic heterocycles. The van der Waals surface area contributed by atoms with Crippen molar-refractivity contribution in [3.63, 3.8) is 0 Å². The van der Waals surface area contributed by atoms with E-state index in [9.17, 15) is 24.5 Å². The van der Waals surface area contributed by atoms with Crippen LogP contribution in [0, 0.1) is 10.1 Å². The van der Waals surface area contributed by atoms with Crippen molar-refractivity contribution in [1.82, 2.24) is 5.32 Å². The lowest BCUT2D eigenvalue weighted by molar-refractivity contribution is -0.561. The Labute approximate surface area is 147 Å². The molecule has 9 nitrogen and oxygen atoms in total. The van der Waals surface area contributed by atoms with Gasteiger partial charge < -0.3 is 14.8 Å². The number of ether oxygens (including phenoxy) is 2. The third-order valence-corrected chi connectivity index (χ3v) is 3.63. The fraction of sp³-hybridized carbons (Fsp3) is 0.812. The molecule has 0 rings (SSSR count). The lowest BCUT2D eigenvalue weighted by Gasteiger charge is -2.30. The molecule has 0 aromatic rings. The summed E-state index contributed by atoms with van der Waals surface area (Å²) in [6.45, 7) is 7.53. The normalized spacial score (nSPS) is 13.5. The predicted octanol–water partition coefficient (Wildman–Crippen LogP) is 1.60. The number of esters is 2. The minimum atomic E-state index is -2.00. The molecule has 0 aliphatic carbocycles. The van der Waals surface area contributed by atoms with Crippen molar-refractivity contribution in [3.8, 4) is 0 Å². The zero-order chi connectivity index (χ0) is 19.7. The van der Waals surface area contributed by atoms with Crippen molar-refractivity contribution in [2.75, 3.05) is 13.2 Å². The summed E-state index contributed by atoms with van der Waals surface area (Å²) < 4.78 is 10.0. The summed E-state index contributed by atoms with van der Waals surface area (Å²) in [7, 11) is 0. The van der Waals surface area contributed by atoms with Gasteiger partial charge in [0.05, 0.1) is 13.2 Å². The third-order valence-electron chi connectivity index (χ3n) is 3.63. The molecule has 0 aliphatic heterocycles. The second-order valence-corrected chi connectivity index (χ2v) is 6.37. The maximum Gasteiger partial charge on any atom is 0.343 e. The molecule has 144 valence electrons. The van der Waals surface area contributed by atoms with Crippen LogP contribution < -0.4 is 5.32 Å². The third kappa shape index (κ3) is 6.67. The van der Waals surface area contributed by atoms with Crippen LogP contribution in [0.25, 0.3) is 0 Å². The van der Waals surface area contributed by atoms with E-state index >= 15 is 0 Å². The van der Waals surface area contributed by atoms with Crippen molar-refractivity contribution in [2.24, 2.45) is 0 Å². The molecule has 25 heavy (non-hydrogen) atoms. The van der Waals surface area contributed by atoms with Crippen LogP contribution in [0.5, 0.6) is 0 Å². The Morgan fingerprint density at radius 3 is 2.08 bits per heavy atom. The Hall–Kier alpha value is -2.19. The van der Waals surface area contributed by atoms with Crippen LogP contribution in [0.15, 0.2) is 0 Å². The zero-order valence-electron chi connectivity index (χ0n) is 15.5. The summed E-state index contributed by atoms with van der Waals surface area (Å²) in [5.74, 6) is -2.44. The molecular formula is C16H28N2O7. The van der Waals surface area contributed by atoms with E-state index < -0.39 is 33.8 Å². The highest BCUT2D eigenvalue weighted by molar-refractivity contribution is 6.07. The molecule has 1 amide bonds. The Kier molecular flexibility index (Phi) is 9.08. The van der Waals surface area contributed by atoms with E-state index in [2.05, 4.69) is 5.32 Å². The van der Waals surface area contributed by atoms with Crippen LogP contribution in [0.4, 0.5) is 0 Å². The number of carbonyl (C=O) groups is 3. The molecule has 1 atom stereocenters. The van der Waals surface area contributed by atoms with Crippen molar-refractivity contribution in [3.05, 3.63) is 10.1 Å². The van der Waals surface area contributed by atoms with Crippen LogP contribution >= 0.6 is 0 Å². The van der Waals surface area contributed by atoms with E-state index in [1.54, 1.807) is 13.8 Å². The largest absolute Gasteiger partial charge is 0.464 e. The van der Waals surface area contributed by atoms with Crippen molar-refractivity contribution < 1.29 is 28.8 Å². The Morgan fingerprint density at radius 2 is 1.64 bits per heavy atom. The Morgan fingerprint density at radius 1 is 1.08 bits per heavy atom. The second kappa shape index (κ2) is 9.95. The monoisotopic (exact) mass is 360 g/mol. The van der Waals surface area contributed by atoms with Gasteiger partial charge in [0, 0.05) is 32.1 Å². The highest BCUT2D eigenvalue weighted by atomic mass is 16.6. The van der Waals surface area contributed by atoms with Gasteiger partial charge in [-0.3, -0.25) is 14.9 Å². The number of amides is 1. The fourth-order valence-corrected chi connectivity index (χ4v) is 2.20. The Bertz CT molecular complexity index is 505. The molecular weight excluding hydrogens is 332 g/mol. The minimum Gasteiger partial charge on any atom is -0.464 e. The molecule has 0 fully saturated rings. The fourth-order valence-electron chi connectivity index (χ4n) is 2.20. The zero-order valence-corrected chi connectivity index (χ0v) is 15.5. The molecule has 0 saturated carbocycles. The summed E-state index contributed by atoms with van der Waals surface area (Å²) in [5, 5.41) is 13.4. The molecule has 0 aromatic carbocycles. The smallest absolute Gasteiger partial charge is 0.343 e. The van der Waals surface area contributed by atoms with Crippen molar-refractivity contribution >= 4 is 17.8 Å². The van der Waals surface area contributed by atoms with Gasteiger partial charge in [-0.1, -0.05) is 6.92 Å². The maximum absolute atomic E-state index is 12.5. The maximum atomic E-state index is 12.5. The average molecular weight is 360 g/mol. The number of rotatable bonds is 11. The van der Waals surface area contributed by atoms with Crippen LogP contribution in [0.3, 0.4) is 0 Å². The number of nitrogens with zero attached hydrogens (tertiary/aromatic N) is 1. The quantitative estimate of drug-likeness (QED) is 0.257. The highest BCUT2D eigenvalue weighted by Gasteiger charge is 2.50. The van der Waals surface area contributed by atoms with Gasteiger partial charge >= 0.3 is 11.9 Å². The molecule has 1 unspecified atom stereocenters. The van der Waals surface area contributed by atoms with Gasteiger partial charge in [-0.25, -0.2) is 9.59 Å². The van der Waals surface area contributed by atoms with E-state index in [-0.39, 0.29) is 32.5 Å². The number of carbonyl (C=O) groups excluding carboxylic acids is 3. The van der Waals surface area contributed by atoms with E-state index in [4.69, 9.17) is 9.47 Å². The van der Waals surface area contributed by atoms with Crippen LogP contribution in [-0.4, -0.2) is 47.1 Å². The number of nitrogens with one attached hydrogen (secondary N) is 1. The molecule has 0 heterocycles. The van der Waals surface area contributed by atoms with Crippen LogP contribution in [0.2, 0.25) is 0 Å². The molecule has 0 aliphatic rings. The average Bonchev–Trinajstić information content (AvgIpc) is 2.50. The first-order valence-electron chi connectivity index (χ1n) is 8.31. The first-order chi connectivity index (χ1) is 11.5. The van der Waals surface area contributed by atoms with Crippen LogP contribution in [-0.2, 0) is 23.9 Å². The van der Waals surface area contributed by atoms with Gasteiger partial charge in [0.1, 0.15) is 0 Å². The van der Waals surface area contributed by atoms with Crippen molar-refractivity contribution in [1.29, 1.82) is 0 Å². The van der Waals surface area contributed by atoms with E-state index in [0.717, 1.165) is 0 Å². The SMILES string of the molecule is CCCOC(=O)C(CCCC(C)(C)[N+](=O)[O-])(NC(C)=O)C(=O)OCC. The number of hydrogen-bond donors (Lipinski definition) is 1. The number of nitro groups is 1. The molecule has 0 bridgehead atoms. The Balaban J connectivity index is 5.50. The molecule has 9 heteroatoms. The summed E-state index contributed by atoms with van der Waals surface area (Å²) in [5.41, 5.74) is -3.21. The topological polar surface area (TPSA) is 125 Å². The van der Waals surface area contributed by atoms with Gasteiger partial charge in [0.2, 0.25) is 17.0 Å². The summed E-state index contributed by atoms with van der Waals surface area (Å²) in [6.07, 6.45) is 0.653. The van der Waals surface area contributed by atoms with E-state index in [0.29, 0.717) is 6.42 Å². The molecule has 0 spiro atoms. The first-order valence-corrected chi connectivity index (χ1v) is 8.31. The molecule has 0 saturated heterocycles.